The fourth-order valence-electron chi connectivity index (χ4n) is 2.76. The highest BCUT2D eigenvalue weighted by atomic mass is 16.5. The molecule has 1 amide bonds. The van der Waals surface area contributed by atoms with Crippen LogP contribution in [0.15, 0.2) is 71.3 Å². The van der Waals surface area contributed by atoms with Gasteiger partial charge in [-0.1, -0.05) is 48.2 Å². The molecule has 2 aromatic carbocycles. The highest BCUT2D eigenvalue weighted by Crippen LogP contribution is 2.24. The maximum absolute atomic E-state index is 12.1. The average Bonchev–Trinajstić information content (AvgIpc) is 3.42. The van der Waals surface area contributed by atoms with E-state index in [1.54, 1.807) is 24.5 Å². The second-order valence-corrected chi connectivity index (χ2v) is 5.95. The molecule has 0 saturated heterocycles. The maximum atomic E-state index is 12.1. The summed E-state index contributed by atoms with van der Waals surface area (Å²) < 4.78 is 11.0. The molecule has 4 rings (SSSR count). The third-order valence-electron chi connectivity index (χ3n) is 4.11. The zero-order valence-electron chi connectivity index (χ0n) is 14.9. The van der Waals surface area contributed by atoms with Crippen molar-refractivity contribution >= 4 is 16.7 Å². The molecule has 6 heteroatoms. The lowest BCUT2D eigenvalue weighted by Crippen LogP contribution is -2.24. The molecule has 4 aromatic rings. The van der Waals surface area contributed by atoms with Crippen molar-refractivity contribution in [2.45, 2.75) is 0 Å². The van der Waals surface area contributed by atoms with Gasteiger partial charge in [0.1, 0.15) is 18.1 Å². The Hall–Kier alpha value is -3.98. The van der Waals surface area contributed by atoms with Crippen LogP contribution in [0.25, 0.3) is 22.2 Å². The molecule has 2 N–H and O–H groups in total. The number of benzene rings is 2. The van der Waals surface area contributed by atoms with E-state index in [0.29, 0.717) is 11.5 Å². The number of carbonyl (C=O) groups is 1. The standard InChI is InChI=1S/C22H17N3O3/c26-22(19-15-18(24-25-19)21-11-6-14-28-21)23-12-3-4-13-27-20-10-5-8-16-7-1-2-9-17(16)20/h1-2,5-11,14-15H,12-13H2,(H,23,26)(H,24,25). The first-order valence-electron chi connectivity index (χ1n) is 8.75. The van der Waals surface area contributed by atoms with E-state index in [9.17, 15) is 4.79 Å². The molecule has 0 unspecified atom stereocenters. The summed E-state index contributed by atoms with van der Waals surface area (Å²) in [6, 6.07) is 19.1. The summed E-state index contributed by atoms with van der Waals surface area (Å²) >= 11 is 0. The van der Waals surface area contributed by atoms with Crippen molar-refractivity contribution in [2.75, 3.05) is 13.2 Å². The van der Waals surface area contributed by atoms with Gasteiger partial charge in [0.15, 0.2) is 11.5 Å². The molecule has 0 bridgehead atoms. The first-order chi connectivity index (χ1) is 13.8. The van der Waals surface area contributed by atoms with E-state index < -0.39 is 0 Å². The van der Waals surface area contributed by atoms with Gasteiger partial charge in [0, 0.05) is 11.5 Å². The predicted molar refractivity (Wildman–Crippen MR) is 106 cm³/mol. The minimum atomic E-state index is -0.307. The second kappa shape index (κ2) is 8.14. The Morgan fingerprint density at radius 3 is 2.89 bits per heavy atom. The number of carbonyl (C=O) groups excluding carboxylic acids is 1. The number of fused-ring (bicyclic) bond motifs is 1. The van der Waals surface area contributed by atoms with Crippen LogP contribution in [0.2, 0.25) is 0 Å². The van der Waals surface area contributed by atoms with Crippen molar-refractivity contribution in [3.8, 4) is 29.0 Å². The lowest BCUT2D eigenvalue weighted by Gasteiger charge is -2.06. The first kappa shape index (κ1) is 17.4. The number of nitrogens with zero attached hydrogens (tertiary/aromatic N) is 1. The van der Waals surface area contributed by atoms with E-state index in [1.807, 2.05) is 42.5 Å². The first-order valence-corrected chi connectivity index (χ1v) is 8.75. The Bertz CT molecular complexity index is 1150. The van der Waals surface area contributed by atoms with E-state index in [4.69, 9.17) is 9.15 Å². The fraction of sp³-hybridized carbons (Fsp3) is 0.0909. The zero-order chi connectivity index (χ0) is 19.2. The van der Waals surface area contributed by atoms with Gasteiger partial charge in [-0.05, 0) is 23.6 Å². The molecule has 0 radical (unpaired) electrons. The summed E-state index contributed by atoms with van der Waals surface area (Å²) in [5, 5.41) is 11.6. The van der Waals surface area contributed by atoms with Crippen LogP contribution in [0.1, 0.15) is 10.5 Å². The molecule has 0 aliphatic carbocycles. The van der Waals surface area contributed by atoms with Crippen LogP contribution in [-0.4, -0.2) is 29.3 Å². The third-order valence-corrected chi connectivity index (χ3v) is 4.11. The summed E-state index contributed by atoms with van der Waals surface area (Å²) in [7, 11) is 0. The van der Waals surface area contributed by atoms with E-state index in [-0.39, 0.29) is 24.8 Å². The van der Waals surface area contributed by atoms with Gasteiger partial charge >= 0.3 is 0 Å². The minimum absolute atomic E-state index is 0.209. The van der Waals surface area contributed by atoms with Gasteiger partial charge < -0.3 is 14.5 Å². The van der Waals surface area contributed by atoms with Crippen LogP contribution in [0.3, 0.4) is 0 Å². The number of furan rings is 1. The number of ether oxygens (including phenoxy) is 1. The number of hydrogen-bond acceptors (Lipinski definition) is 4. The number of amides is 1. The van der Waals surface area contributed by atoms with E-state index >= 15 is 0 Å². The summed E-state index contributed by atoms with van der Waals surface area (Å²) in [6.07, 6.45) is 1.56. The Morgan fingerprint density at radius 1 is 1.11 bits per heavy atom. The molecular formula is C22H17N3O3. The lowest BCUT2D eigenvalue weighted by molar-refractivity contribution is 0.0953. The highest BCUT2D eigenvalue weighted by Gasteiger charge is 2.11. The Morgan fingerprint density at radius 2 is 2.00 bits per heavy atom. The molecule has 0 spiro atoms. The second-order valence-electron chi connectivity index (χ2n) is 5.95. The highest BCUT2D eigenvalue weighted by molar-refractivity contribution is 5.93. The predicted octanol–water partition coefficient (Wildman–Crippen LogP) is 3.64. The van der Waals surface area contributed by atoms with Gasteiger partial charge in [-0.2, -0.15) is 5.10 Å². The Balaban J connectivity index is 1.28. The van der Waals surface area contributed by atoms with Crippen LogP contribution in [0, 0.1) is 11.8 Å². The molecule has 0 aliphatic rings. The molecule has 138 valence electrons. The zero-order valence-corrected chi connectivity index (χ0v) is 14.9. The number of hydrogen-bond donors (Lipinski definition) is 2. The van der Waals surface area contributed by atoms with Gasteiger partial charge in [0.05, 0.1) is 12.8 Å². The van der Waals surface area contributed by atoms with Crippen LogP contribution in [-0.2, 0) is 0 Å². The summed E-state index contributed by atoms with van der Waals surface area (Å²) in [6.45, 7) is 0.454. The maximum Gasteiger partial charge on any atom is 0.272 e. The third kappa shape index (κ3) is 3.89. The molecule has 2 heterocycles. The SMILES string of the molecule is O=C(NCC#CCOc1cccc2ccccc12)c1cc(-c2ccco2)[nH]n1. The topological polar surface area (TPSA) is 80.1 Å². The van der Waals surface area contributed by atoms with E-state index in [0.717, 1.165) is 16.5 Å². The quantitative estimate of drug-likeness (QED) is 0.525. The van der Waals surface area contributed by atoms with Crippen LogP contribution < -0.4 is 10.1 Å². The largest absolute Gasteiger partial charge is 0.480 e. The van der Waals surface area contributed by atoms with Crippen molar-refractivity contribution in [3.05, 3.63) is 72.6 Å². The molecule has 6 nitrogen and oxygen atoms in total. The Labute approximate surface area is 161 Å². The van der Waals surface area contributed by atoms with E-state index in [1.165, 1.54) is 0 Å². The van der Waals surface area contributed by atoms with Crippen LogP contribution >= 0.6 is 0 Å². The fourth-order valence-corrected chi connectivity index (χ4v) is 2.76. The van der Waals surface area contributed by atoms with Crippen molar-refractivity contribution in [3.63, 3.8) is 0 Å². The summed E-state index contributed by atoms with van der Waals surface area (Å²) in [5.41, 5.74) is 0.921. The van der Waals surface area contributed by atoms with E-state index in [2.05, 4.69) is 27.4 Å². The molecule has 0 atom stereocenters. The van der Waals surface area contributed by atoms with Gasteiger partial charge in [-0.3, -0.25) is 9.89 Å². The van der Waals surface area contributed by atoms with Crippen molar-refractivity contribution in [1.82, 2.24) is 15.5 Å². The smallest absolute Gasteiger partial charge is 0.272 e. The van der Waals surface area contributed by atoms with Gasteiger partial charge in [-0.15, -0.1) is 0 Å². The summed E-state index contributed by atoms with van der Waals surface area (Å²) in [5.74, 6) is 6.88. The molecule has 0 saturated carbocycles. The number of nitrogens with one attached hydrogen (secondary N) is 2. The number of rotatable bonds is 5. The molecule has 0 aliphatic heterocycles. The normalized spacial score (nSPS) is 10.3. The van der Waals surface area contributed by atoms with Crippen LogP contribution in [0.5, 0.6) is 5.75 Å². The molecule has 28 heavy (non-hydrogen) atoms. The average molecular weight is 371 g/mol. The minimum Gasteiger partial charge on any atom is -0.480 e. The lowest BCUT2D eigenvalue weighted by atomic mass is 10.1. The van der Waals surface area contributed by atoms with Crippen molar-refractivity contribution < 1.29 is 13.9 Å². The van der Waals surface area contributed by atoms with Gasteiger partial charge in [0.25, 0.3) is 5.91 Å². The van der Waals surface area contributed by atoms with Crippen LogP contribution in [0.4, 0.5) is 0 Å². The summed E-state index contributed by atoms with van der Waals surface area (Å²) in [4.78, 5) is 12.1. The molecule has 0 fully saturated rings. The number of aromatic amines is 1. The van der Waals surface area contributed by atoms with Crippen molar-refractivity contribution in [2.24, 2.45) is 0 Å². The Kier molecular flexibility index (Phi) is 5.07. The van der Waals surface area contributed by atoms with Gasteiger partial charge in [-0.25, -0.2) is 0 Å². The molecule has 2 aromatic heterocycles. The van der Waals surface area contributed by atoms with Gasteiger partial charge in [0.2, 0.25) is 0 Å². The number of H-pyrrole nitrogens is 1. The number of aromatic nitrogens is 2. The monoisotopic (exact) mass is 371 g/mol. The van der Waals surface area contributed by atoms with Crippen molar-refractivity contribution in [1.29, 1.82) is 0 Å². The molecular weight excluding hydrogens is 354 g/mol.